The molecule has 0 saturated heterocycles. The Balaban J connectivity index is 1.55. The molecule has 46 heavy (non-hydrogen) atoms. The van der Waals surface area contributed by atoms with Gasteiger partial charge in [-0.3, -0.25) is 13.9 Å². The van der Waals surface area contributed by atoms with Crippen molar-refractivity contribution in [2.24, 2.45) is 0 Å². The lowest BCUT2D eigenvalue weighted by atomic mass is 10.0. The van der Waals surface area contributed by atoms with Crippen LogP contribution in [-0.4, -0.2) is 50.9 Å². The first-order valence-electron chi connectivity index (χ1n) is 15.3. The Morgan fingerprint density at radius 2 is 1.50 bits per heavy atom. The third kappa shape index (κ3) is 8.27. The quantitative estimate of drug-likeness (QED) is 0.183. The summed E-state index contributed by atoms with van der Waals surface area (Å²) in [7, 11) is -2.75. The van der Waals surface area contributed by atoms with E-state index in [0.717, 1.165) is 41.1 Å². The van der Waals surface area contributed by atoms with Crippen LogP contribution in [0.25, 0.3) is 0 Å². The number of methoxy groups -OCH3 is 1. The van der Waals surface area contributed by atoms with E-state index in [1.54, 1.807) is 30.3 Å². The number of nitrogens with zero attached hydrogens (tertiary/aromatic N) is 2. The summed E-state index contributed by atoms with van der Waals surface area (Å²) in [6, 6.07) is 30.4. The average Bonchev–Trinajstić information content (AvgIpc) is 3.59. The van der Waals surface area contributed by atoms with Crippen LogP contribution in [0.1, 0.15) is 36.8 Å². The number of halogens is 1. The van der Waals surface area contributed by atoms with Gasteiger partial charge in [0, 0.05) is 24.0 Å². The third-order valence-corrected chi connectivity index (χ3v) is 10.2. The molecule has 1 atom stereocenters. The maximum Gasteiger partial charge on any atom is 0.264 e. The lowest BCUT2D eigenvalue weighted by molar-refractivity contribution is -0.140. The highest BCUT2D eigenvalue weighted by Crippen LogP contribution is 2.28. The first kappa shape index (κ1) is 33.0. The third-order valence-electron chi connectivity index (χ3n) is 8.19. The summed E-state index contributed by atoms with van der Waals surface area (Å²) >= 11 is 6.31. The summed E-state index contributed by atoms with van der Waals surface area (Å²) in [6.45, 7) is -0.440. The van der Waals surface area contributed by atoms with Crippen molar-refractivity contribution < 1.29 is 22.7 Å². The lowest BCUT2D eigenvalue weighted by Crippen LogP contribution is -2.54. The highest BCUT2D eigenvalue weighted by Gasteiger charge is 2.35. The number of hydrogen-bond acceptors (Lipinski definition) is 5. The molecule has 1 fully saturated rings. The zero-order chi connectivity index (χ0) is 32.5. The summed E-state index contributed by atoms with van der Waals surface area (Å²) in [5, 5.41) is 3.50. The van der Waals surface area contributed by atoms with Crippen LogP contribution < -0.4 is 14.4 Å². The molecule has 4 aromatic rings. The van der Waals surface area contributed by atoms with Crippen molar-refractivity contribution in [3.05, 3.63) is 125 Å². The van der Waals surface area contributed by atoms with Gasteiger partial charge in [-0.25, -0.2) is 8.42 Å². The minimum atomic E-state index is -4.25. The van der Waals surface area contributed by atoms with Crippen molar-refractivity contribution in [2.75, 3.05) is 18.0 Å². The van der Waals surface area contributed by atoms with Crippen LogP contribution in [0.15, 0.2) is 114 Å². The van der Waals surface area contributed by atoms with Crippen molar-refractivity contribution >= 4 is 39.1 Å². The van der Waals surface area contributed by atoms with Gasteiger partial charge in [-0.15, -0.1) is 0 Å². The van der Waals surface area contributed by atoms with Gasteiger partial charge in [0.15, 0.2) is 0 Å². The zero-order valence-corrected chi connectivity index (χ0v) is 27.3. The summed E-state index contributed by atoms with van der Waals surface area (Å²) in [5.74, 6) is -0.286. The smallest absolute Gasteiger partial charge is 0.264 e. The Bertz CT molecular complexity index is 1710. The maximum atomic E-state index is 14.6. The Morgan fingerprint density at radius 3 is 2.11 bits per heavy atom. The van der Waals surface area contributed by atoms with Gasteiger partial charge in [-0.05, 0) is 66.4 Å². The number of carbonyl (C=O) groups excluding carboxylic acids is 2. The van der Waals surface area contributed by atoms with E-state index in [9.17, 15) is 18.0 Å². The normalized spacial score (nSPS) is 14.0. The van der Waals surface area contributed by atoms with Gasteiger partial charge in [-0.2, -0.15) is 0 Å². The van der Waals surface area contributed by atoms with Crippen molar-refractivity contribution in [3.63, 3.8) is 0 Å². The van der Waals surface area contributed by atoms with Crippen molar-refractivity contribution in [1.29, 1.82) is 0 Å². The molecule has 240 valence electrons. The fourth-order valence-corrected chi connectivity index (χ4v) is 7.33. The van der Waals surface area contributed by atoms with E-state index in [1.807, 2.05) is 60.7 Å². The van der Waals surface area contributed by atoms with Gasteiger partial charge in [0.2, 0.25) is 11.8 Å². The molecule has 5 rings (SSSR count). The molecule has 0 heterocycles. The summed E-state index contributed by atoms with van der Waals surface area (Å²) in [6.07, 6.45) is 4.12. The molecular weight excluding hydrogens is 622 g/mol. The van der Waals surface area contributed by atoms with E-state index in [2.05, 4.69) is 5.32 Å². The van der Waals surface area contributed by atoms with Crippen LogP contribution in [0.5, 0.6) is 5.75 Å². The number of amides is 2. The number of carbonyl (C=O) groups is 2. The van der Waals surface area contributed by atoms with E-state index in [4.69, 9.17) is 16.3 Å². The highest BCUT2D eigenvalue weighted by molar-refractivity contribution is 7.92. The van der Waals surface area contributed by atoms with Gasteiger partial charge in [0.25, 0.3) is 10.0 Å². The Hall–Kier alpha value is -4.34. The van der Waals surface area contributed by atoms with Crippen molar-refractivity contribution in [2.45, 2.75) is 55.6 Å². The molecular formula is C36H38ClN3O5S. The van der Waals surface area contributed by atoms with Gasteiger partial charge in [-0.1, -0.05) is 91.2 Å². The summed E-state index contributed by atoms with van der Waals surface area (Å²) in [4.78, 5) is 30.1. The number of ether oxygens (including phenoxy) is 1. The molecule has 1 aliphatic carbocycles. The van der Waals surface area contributed by atoms with Crippen molar-refractivity contribution in [3.8, 4) is 5.75 Å². The number of rotatable bonds is 13. The van der Waals surface area contributed by atoms with E-state index >= 15 is 0 Å². The second-order valence-electron chi connectivity index (χ2n) is 11.4. The largest absolute Gasteiger partial charge is 0.497 e. The summed E-state index contributed by atoms with van der Waals surface area (Å²) < 4.78 is 34.6. The predicted octanol–water partition coefficient (Wildman–Crippen LogP) is 6.24. The topological polar surface area (TPSA) is 96.0 Å². The number of anilines is 1. The minimum Gasteiger partial charge on any atom is -0.497 e. The Morgan fingerprint density at radius 1 is 0.870 bits per heavy atom. The second kappa shape index (κ2) is 15.3. The molecule has 0 aliphatic heterocycles. The summed E-state index contributed by atoms with van der Waals surface area (Å²) in [5.41, 5.74) is 1.93. The number of hydrogen-bond donors (Lipinski definition) is 1. The zero-order valence-electron chi connectivity index (χ0n) is 25.7. The van der Waals surface area contributed by atoms with E-state index in [-0.39, 0.29) is 35.5 Å². The van der Waals surface area contributed by atoms with E-state index < -0.39 is 28.5 Å². The number of sulfonamides is 1. The van der Waals surface area contributed by atoms with Gasteiger partial charge in [0.05, 0.1) is 17.7 Å². The van der Waals surface area contributed by atoms with E-state index in [1.165, 1.54) is 30.2 Å². The molecule has 2 amide bonds. The highest BCUT2D eigenvalue weighted by atomic mass is 35.5. The molecule has 0 radical (unpaired) electrons. The molecule has 4 aromatic carbocycles. The van der Waals surface area contributed by atoms with Crippen LogP contribution in [0.2, 0.25) is 5.02 Å². The Kier molecular flexibility index (Phi) is 11.0. The molecule has 10 heteroatoms. The fourth-order valence-electron chi connectivity index (χ4n) is 5.74. The van der Waals surface area contributed by atoms with Gasteiger partial charge < -0.3 is 15.0 Å². The van der Waals surface area contributed by atoms with E-state index in [0.29, 0.717) is 10.8 Å². The first-order valence-corrected chi connectivity index (χ1v) is 17.2. The van der Waals surface area contributed by atoms with Gasteiger partial charge >= 0.3 is 0 Å². The lowest BCUT2D eigenvalue weighted by Gasteiger charge is -2.34. The molecule has 0 unspecified atom stereocenters. The van der Waals surface area contributed by atoms with Crippen LogP contribution >= 0.6 is 11.6 Å². The molecule has 0 spiro atoms. The molecule has 1 aliphatic rings. The molecule has 0 bridgehead atoms. The molecule has 1 N–H and O–H groups in total. The maximum absolute atomic E-state index is 14.6. The number of benzene rings is 4. The first-order chi connectivity index (χ1) is 22.2. The fraction of sp³-hybridized carbons (Fsp3) is 0.278. The Labute approximate surface area is 276 Å². The average molecular weight is 660 g/mol. The van der Waals surface area contributed by atoms with Crippen LogP contribution in [-0.2, 0) is 32.6 Å². The molecule has 8 nitrogen and oxygen atoms in total. The minimum absolute atomic E-state index is 0.0181. The SMILES string of the molecule is COc1ccc(S(=O)(=O)N(CC(=O)N(Cc2ccccc2)[C@H](Cc2ccccc2)C(=O)NC2CCCC2)c2cccc(Cl)c2)cc1. The van der Waals surface area contributed by atoms with Crippen LogP contribution in [0, 0.1) is 0 Å². The molecule has 0 aromatic heterocycles. The van der Waals surface area contributed by atoms with Crippen molar-refractivity contribution in [1.82, 2.24) is 10.2 Å². The van der Waals surface area contributed by atoms with Crippen LogP contribution in [0.4, 0.5) is 5.69 Å². The van der Waals surface area contributed by atoms with Crippen LogP contribution in [0.3, 0.4) is 0 Å². The van der Waals surface area contributed by atoms with Gasteiger partial charge in [0.1, 0.15) is 18.3 Å². The molecule has 1 saturated carbocycles. The number of nitrogens with one attached hydrogen (secondary N) is 1. The monoisotopic (exact) mass is 659 g/mol. The standard InChI is InChI=1S/C36H38ClN3O5S/c1-45-32-19-21-33(22-20-32)46(43,44)40(31-18-10-15-29(37)24-31)26-35(41)39(25-28-13-6-3-7-14-28)34(23-27-11-4-2-5-12-27)36(42)38-30-16-8-9-17-30/h2-7,10-15,18-22,24,30,34H,8-9,16-17,23,25-26H2,1H3,(H,38,42)/t34-/m1/s1. The predicted molar refractivity (Wildman–Crippen MR) is 180 cm³/mol. The second-order valence-corrected chi connectivity index (χ2v) is 13.7.